The Morgan fingerprint density at radius 1 is 1.35 bits per heavy atom. The molecule has 0 aromatic heterocycles. The van der Waals surface area contributed by atoms with Crippen LogP contribution in [0.1, 0.15) is 12.0 Å². The molecule has 1 aliphatic rings. The molecule has 0 radical (unpaired) electrons. The number of carbonyl (C=O) groups excluding carboxylic acids is 1. The molecule has 0 aliphatic carbocycles. The first-order valence-electron chi connectivity index (χ1n) is 6.99. The van der Waals surface area contributed by atoms with Gasteiger partial charge < -0.3 is 14.7 Å². The molecule has 1 aromatic rings. The van der Waals surface area contributed by atoms with Gasteiger partial charge in [-0.25, -0.2) is 13.6 Å². The molecule has 5 nitrogen and oxygen atoms in total. The molecule has 0 saturated carbocycles. The topological polar surface area (TPSA) is 66.8 Å². The number of halogens is 2. The van der Waals surface area contributed by atoms with E-state index < -0.39 is 30.4 Å². The predicted octanol–water partition coefficient (Wildman–Crippen LogP) is 2.92. The highest BCUT2D eigenvalue weighted by Gasteiger charge is 2.52. The maximum Gasteiger partial charge on any atom is 0.410 e. The second kappa shape index (κ2) is 6.76. The summed E-state index contributed by atoms with van der Waals surface area (Å²) in [4.78, 5) is 24.4. The molecule has 2 rings (SSSR count). The molecule has 1 amide bonds. The SMILES string of the molecule is C=C1CN(C(=O)OCc2ccccc2)CC(C(=O)O)(C(F)F)C1. The molecule has 0 spiro atoms. The monoisotopic (exact) mass is 325 g/mol. The lowest BCUT2D eigenvalue weighted by Gasteiger charge is -2.39. The van der Waals surface area contributed by atoms with E-state index in [1.807, 2.05) is 6.07 Å². The number of rotatable bonds is 4. The van der Waals surface area contributed by atoms with Crippen molar-refractivity contribution in [3.8, 4) is 0 Å². The zero-order valence-electron chi connectivity index (χ0n) is 12.4. The van der Waals surface area contributed by atoms with E-state index in [9.17, 15) is 23.5 Å². The largest absolute Gasteiger partial charge is 0.481 e. The standard InChI is InChI=1S/C16H17F2NO4/c1-11-7-16(13(17)18,14(20)21)10-19(8-11)15(22)23-9-12-5-3-2-4-6-12/h2-6,13H,1,7-10H2,(H,20,21). The third kappa shape index (κ3) is 3.67. The number of carboxylic acids is 1. The average molecular weight is 325 g/mol. The second-order valence-corrected chi connectivity index (χ2v) is 5.59. The number of carbonyl (C=O) groups is 2. The molecule has 1 atom stereocenters. The van der Waals surface area contributed by atoms with Crippen LogP contribution >= 0.6 is 0 Å². The fourth-order valence-corrected chi connectivity index (χ4v) is 2.55. The minimum Gasteiger partial charge on any atom is -0.481 e. The summed E-state index contributed by atoms with van der Waals surface area (Å²) in [5, 5.41) is 9.18. The van der Waals surface area contributed by atoms with Gasteiger partial charge in [0.2, 0.25) is 0 Å². The number of hydrogen-bond acceptors (Lipinski definition) is 3. The lowest BCUT2D eigenvalue weighted by atomic mass is 9.78. The summed E-state index contributed by atoms with van der Waals surface area (Å²) >= 11 is 0. The summed E-state index contributed by atoms with van der Waals surface area (Å²) in [7, 11) is 0. The molecule has 1 unspecified atom stereocenters. The fourth-order valence-electron chi connectivity index (χ4n) is 2.55. The van der Waals surface area contributed by atoms with E-state index in [1.165, 1.54) is 0 Å². The van der Waals surface area contributed by atoms with Gasteiger partial charge in [0, 0.05) is 13.1 Å². The predicted molar refractivity (Wildman–Crippen MR) is 78.0 cm³/mol. The van der Waals surface area contributed by atoms with Crippen molar-refractivity contribution in [3.05, 3.63) is 48.0 Å². The zero-order chi connectivity index (χ0) is 17.0. The fraction of sp³-hybridized carbons (Fsp3) is 0.375. The molecule has 0 bridgehead atoms. The first-order chi connectivity index (χ1) is 10.8. The normalized spacial score (nSPS) is 21.3. The molecule has 1 fully saturated rings. The minimum absolute atomic E-state index is 0.00930. The third-order valence-corrected chi connectivity index (χ3v) is 3.76. The number of likely N-dealkylation sites (tertiary alicyclic amines) is 1. The van der Waals surface area contributed by atoms with Crippen LogP contribution in [0.25, 0.3) is 0 Å². The Labute approximate surface area is 132 Å². The third-order valence-electron chi connectivity index (χ3n) is 3.76. The summed E-state index contributed by atoms with van der Waals surface area (Å²) in [6.45, 7) is 2.97. The zero-order valence-corrected chi connectivity index (χ0v) is 12.4. The van der Waals surface area contributed by atoms with Gasteiger partial charge in [-0.1, -0.05) is 42.5 Å². The molecular formula is C16H17F2NO4. The molecule has 23 heavy (non-hydrogen) atoms. The molecule has 1 heterocycles. The van der Waals surface area contributed by atoms with E-state index >= 15 is 0 Å². The molecule has 124 valence electrons. The van der Waals surface area contributed by atoms with Crippen LogP contribution < -0.4 is 0 Å². The lowest BCUT2D eigenvalue weighted by molar-refractivity contribution is -0.162. The van der Waals surface area contributed by atoms with Crippen LogP contribution in [-0.4, -0.2) is 41.6 Å². The highest BCUT2D eigenvalue weighted by Crippen LogP contribution is 2.38. The summed E-state index contributed by atoms with van der Waals surface area (Å²) in [6.07, 6.45) is -4.30. The van der Waals surface area contributed by atoms with Gasteiger partial charge in [0.25, 0.3) is 6.43 Å². The molecular weight excluding hydrogens is 308 g/mol. The quantitative estimate of drug-likeness (QED) is 0.864. The van der Waals surface area contributed by atoms with Gasteiger partial charge in [0.05, 0.1) is 0 Å². The van der Waals surface area contributed by atoms with Gasteiger partial charge in [0.15, 0.2) is 0 Å². The minimum atomic E-state index is -3.11. The van der Waals surface area contributed by atoms with Gasteiger partial charge in [0.1, 0.15) is 12.0 Å². The number of hydrogen-bond donors (Lipinski definition) is 1. The van der Waals surface area contributed by atoms with Crippen molar-refractivity contribution in [1.29, 1.82) is 0 Å². The Morgan fingerprint density at radius 2 is 2.00 bits per heavy atom. The Morgan fingerprint density at radius 3 is 2.57 bits per heavy atom. The van der Waals surface area contributed by atoms with Crippen LogP contribution in [0, 0.1) is 5.41 Å². The molecule has 1 aliphatic heterocycles. The van der Waals surface area contributed by atoms with Crippen LogP contribution in [0.15, 0.2) is 42.5 Å². The Bertz CT molecular complexity index is 605. The van der Waals surface area contributed by atoms with Crippen molar-refractivity contribution in [1.82, 2.24) is 4.90 Å². The summed E-state index contributed by atoms with van der Waals surface area (Å²) < 4.78 is 31.6. The highest BCUT2D eigenvalue weighted by molar-refractivity contribution is 5.78. The smallest absolute Gasteiger partial charge is 0.410 e. The number of amides is 1. The maximum atomic E-state index is 13.3. The van der Waals surface area contributed by atoms with Crippen LogP contribution in [0.2, 0.25) is 0 Å². The van der Waals surface area contributed by atoms with E-state index in [0.717, 1.165) is 10.5 Å². The van der Waals surface area contributed by atoms with Crippen molar-refractivity contribution in [3.63, 3.8) is 0 Å². The van der Waals surface area contributed by atoms with Crippen LogP contribution in [-0.2, 0) is 16.1 Å². The first-order valence-corrected chi connectivity index (χ1v) is 6.99. The van der Waals surface area contributed by atoms with Gasteiger partial charge in [-0.15, -0.1) is 0 Å². The van der Waals surface area contributed by atoms with Gasteiger partial charge in [-0.05, 0) is 12.0 Å². The average Bonchev–Trinajstić information content (AvgIpc) is 2.52. The van der Waals surface area contributed by atoms with E-state index in [1.54, 1.807) is 24.3 Å². The van der Waals surface area contributed by atoms with Crippen molar-refractivity contribution < 1.29 is 28.2 Å². The van der Waals surface area contributed by atoms with Crippen molar-refractivity contribution in [2.24, 2.45) is 5.41 Å². The van der Waals surface area contributed by atoms with Gasteiger partial charge in [-0.2, -0.15) is 0 Å². The van der Waals surface area contributed by atoms with Crippen molar-refractivity contribution in [2.75, 3.05) is 13.1 Å². The van der Waals surface area contributed by atoms with Crippen LogP contribution in [0.3, 0.4) is 0 Å². The van der Waals surface area contributed by atoms with E-state index in [2.05, 4.69) is 6.58 Å². The molecule has 1 N–H and O–H groups in total. The Balaban J connectivity index is 2.07. The van der Waals surface area contributed by atoms with E-state index in [0.29, 0.717) is 0 Å². The van der Waals surface area contributed by atoms with Crippen LogP contribution in [0.5, 0.6) is 0 Å². The Hall–Kier alpha value is -2.44. The molecule has 1 aromatic carbocycles. The van der Waals surface area contributed by atoms with Crippen molar-refractivity contribution >= 4 is 12.1 Å². The lowest BCUT2D eigenvalue weighted by Crippen LogP contribution is -2.54. The van der Waals surface area contributed by atoms with Crippen LogP contribution in [0.4, 0.5) is 13.6 Å². The maximum absolute atomic E-state index is 13.3. The first kappa shape index (κ1) is 16.9. The number of benzene rings is 1. The summed E-state index contributed by atoms with van der Waals surface area (Å²) in [5.41, 5.74) is -1.33. The number of alkyl halides is 2. The molecule has 7 heteroatoms. The van der Waals surface area contributed by atoms with Gasteiger partial charge in [-0.3, -0.25) is 4.79 Å². The van der Waals surface area contributed by atoms with Gasteiger partial charge >= 0.3 is 12.1 Å². The van der Waals surface area contributed by atoms with E-state index in [-0.39, 0.29) is 25.1 Å². The number of ether oxygens (including phenoxy) is 1. The van der Waals surface area contributed by atoms with E-state index in [4.69, 9.17) is 4.74 Å². The summed E-state index contributed by atoms with van der Waals surface area (Å²) in [5.74, 6) is -1.64. The number of nitrogens with zero attached hydrogens (tertiary/aromatic N) is 1. The number of piperidine rings is 1. The van der Waals surface area contributed by atoms with Crippen molar-refractivity contribution in [2.45, 2.75) is 19.5 Å². The number of carboxylic acid groups (broad SMARTS) is 1. The highest BCUT2D eigenvalue weighted by atomic mass is 19.3. The number of aliphatic carboxylic acids is 1. The summed E-state index contributed by atoms with van der Waals surface area (Å²) in [6, 6.07) is 8.87. The Kier molecular flexibility index (Phi) is 4.98. The molecule has 1 saturated heterocycles. The second-order valence-electron chi connectivity index (χ2n) is 5.59.